The molecule has 1 saturated carbocycles. The van der Waals surface area contributed by atoms with Crippen LogP contribution in [-0.2, 0) is 15.7 Å². The largest absolute Gasteiger partial charge is 0.317 e. The molecule has 2 heterocycles. The molecule has 0 atom stereocenters. The van der Waals surface area contributed by atoms with Gasteiger partial charge in [0, 0.05) is 0 Å². The number of rotatable bonds is 5. The van der Waals surface area contributed by atoms with Gasteiger partial charge >= 0.3 is 0 Å². The van der Waals surface area contributed by atoms with Crippen molar-refractivity contribution in [3.8, 4) is 0 Å². The van der Waals surface area contributed by atoms with Crippen LogP contribution in [0.4, 0.5) is 11.5 Å². The lowest BCUT2D eigenvalue weighted by molar-refractivity contribution is -0.119. The number of fused-ring (bicyclic) bond motifs is 2. The van der Waals surface area contributed by atoms with Gasteiger partial charge in [0.1, 0.15) is 5.54 Å². The number of nitrogens with zero attached hydrogens (tertiary/aromatic N) is 3. The molecule has 1 amide bonds. The van der Waals surface area contributed by atoms with Crippen molar-refractivity contribution in [1.29, 1.82) is 0 Å². The molecule has 5 aromatic rings. The number of hydrogen-bond acceptors (Lipinski definition) is 2. The maximum atomic E-state index is 13.7. The molecule has 0 unspecified atom stereocenters. The minimum Gasteiger partial charge on any atom is -0.317 e. The number of carbonyl (C=O) groups is 1. The van der Waals surface area contributed by atoms with Gasteiger partial charge in [-0.2, -0.15) is 0 Å². The van der Waals surface area contributed by atoms with Crippen LogP contribution >= 0.6 is 0 Å². The van der Waals surface area contributed by atoms with E-state index in [2.05, 4.69) is 83.4 Å². The molecule has 1 aliphatic heterocycles. The van der Waals surface area contributed by atoms with Gasteiger partial charge in [-0.1, -0.05) is 109 Å². The number of amides is 1. The normalized spacial score (nSPS) is 15.8. The zero-order chi connectivity index (χ0) is 24.2. The summed E-state index contributed by atoms with van der Waals surface area (Å²) in [6.45, 7) is 0. The van der Waals surface area contributed by atoms with Gasteiger partial charge in [-0.15, -0.1) is 0 Å². The molecule has 4 nitrogen and oxygen atoms in total. The summed E-state index contributed by atoms with van der Waals surface area (Å²) in [6, 6.07) is 39.7. The molecule has 1 fully saturated rings. The number of aromatic nitrogens is 2. The SMILES string of the molecule is O=C1N(c2cn(C(c3ccccc3)(c3ccccc3)c3ccccc3)cn2)c2ccccc2C12CC2. The molecule has 0 saturated heterocycles. The molecule has 1 spiro atoms. The Morgan fingerprint density at radius 2 is 1.17 bits per heavy atom. The third kappa shape index (κ3) is 2.81. The lowest BCUT2D eigenvalue weighted by Gasteiger charge is -2.37. The highest BCUT2D eigenvalue weighted by Crippen LogP contribution is 2.58. The smallest absolute Gasteiger partial charge is 0.243 e. The zero-order valence-electron chi connectivity index (χ0n) is 19.8. The molecular formula is C32H25N3O. The molecule has 2 aliphatic rings. The Morgan fingerprint density at radius 3 is 1.69 bits per heavy atom. The van der Waals surface area contributed by atoms with Gasteiger partial charge in [-0.3, -0.25) is 9.69 Å². The molecule has 7 rings (SSSR count). The Balaban J connectivity index is 1.47. The molecule has 36 heavy (non-hydrogen) atoms. The second-order valence-electron chi connectivity index (χ2n) is 9.69. The van der Waals surface area contributed by atoms with E-state index in [1.807, 2.05) is 53.8 Å². The first-order valence-electron chi connectivity index (χ1n) is 12.4. The highest BCUT2D eigenvalue weighted by Gasteiger charge is 2.59. The molecule has 0 N–H and O–H groups in total. The second-order valence-corrected chi connectivity index (χ2v) is 9.69. The monoisotopic (exact) mass is 467 g/mol. The maximum Gasteiger partial charge on any atom is 0.243 e. The topological polar surface area (TPSA) is 38.1 Å². The quantitative estimate of drug-likeness (QED) is 0.279. The number of para-hydroxylation sites is 1. The summed E-state index contributed by atoms with van der Waals surface area (Å²) in [5, 5.41) is 0. The Bertz CT molecular complexity index is 1460. The van der Waals surface area contributed by atoms with Crippen molar-refractivity contribution in [3.05, 3.63) is 150 Å². The summed E-state index contributed by atoms with van der Waals surface area (Å²) >= 11 is 0. The van der Waals surface area contributed by atoms with E-state index < -0.39 is 5.54 Å². The number of imidazole rings is 1. The molecule has 0 radical (unpaired) electrons. The first kappa shape index (κ1) is 20.9. The first-order valence-corrected chi connectivity index (χ1v) is 12.4. The molecule has 174 valence electrons. The van der Waals surface area contributed by atoms with Crippen LogP contribution in [0.15, 0.2) is 128 Å². The summed E-state index contributed by atoms with van der Waals surface area (Å²) in [7, 11) is 0. The molecular weight excluding hydrogens is 442 g/mol. The Morgan fingerprint density at radius 1 is 0.667 bits per heavy atom. The molecule has 1 aromatic heterocycles. The van der Waals surface area contributed by atoms with Crippen LogP contribution in [0.3, 0.4) is 0 Å². The van der Waals surface area contributed by atoms with Gasteiger partial charge in [0.25, 0.3) is 0 Å². The Kier molecular flexibility index (Phi) is 4.52. The van der Waals surface area contributed by atoms with Crippen molar-refractivity contribution in [1.82, 2.24) is 9.55 Å². The Labute approximate surface area is 210 Å². The predicted molar refractivity (Wildman–Crippen MR) is 141 cm³/mol. The fraction of sp³-hybridized carbons (Fsp3) is 0.125. The summed E-state index contributed by atoms with van der Waals surface area (Å²) in [4.78, 5) is 20.4. The standard InChI is InChI=1S/C32H25N3O/c36-30-31(20-21-31)27-18-10-11-19-28(27)35(30)29-22-34(23-33-29)32(24-12-4-1-5-13-24,25-14-6-2-7-15-25)26-16-8-3-9-17-26/h1-19,22-23H,20-21H2. The average molecular weight is 468 g/mol. The van der Waals surface area contributed by atoms with E-state index in [0.29, 0.717) is 5.82 Å². The summed E-state index contributed by atoms with van der Waals surface area (Å²) in [5.41, 5.74) is 4.43. The lowest BCUT2D eigenvalue weighted by atomic mass is 9.77. The van der Waals surface area contributed by atoms with Crippen LogP contribution in [-0.4, -0.2) is 15.5 Å². The van der Waals surface area contributed by atoms with Gasteiger partial charge in [-0.25, -0.2) is 4.98 Å². The molecule has 4 aromatic carbocycles. The fourth-order valence-electron chi connectivity index (χ4n) is 5.94. The lowest BCUT2D eigenvalue weighted by Crippen LogP contribution is -2.37. The molecule has 4 heteroatoms. The zero-order valence-corrected chi connectivity index (χ0v) is 19.8. The Hall–Kier alpha value is -4.44. The third-order valence-corrected chi connectivity index (χ3v) is 7.78. The van der Waals surface area contributed by atoms with E-state index in [0.717, 1.165) is 40.8 Å². The van der Waals surface area contributed by atoms with Crippen LogP contribution in [0.1, 0.15) is 35.1 Å². The third-order valence-electron chi connectivity index (χ3n) is 7.78. The van der Waals surface area contributed by atoms with Crippen LogP contribution in [0.25, 0.3) is 0 Å². The minimum absolute atomic E-state index is 0.138. The van der Waals surface area contributed by atoms with Crippen molar-refractivity contribution < 1.29 is 4.79 Å². The van der Waals surface area contributed by atoms with E-state index in [-0.39, 0.29) is 11.3 Å². The highest BCUT2D eigenvalue weighted by molar-refractivity contribution is 6.14. The summed E-state index contributed by atoms with van der Waals surface area (Å²) in [5.74, 6) is 0.794. The number of benzene rings is 4. The number of anilines is 2. The van der Waals surface area contributed by atoms with Crippen molar-refractivity contribution in [3.63, 3.8) is 0 Å². The second kappa shape index (κ2) is 7.79. The van der Waals surface area contributed by atoms with Crippen molar-refractivity contribution in [2.45, 2.75) is 23.8 Å². The minimum atomic E-state index is -0.658. The van der Waals surface area contributed by atoms with Crippen molar-refractivity contribution >= 4 is 17.4 Å². The highest BCUT2D eigenvalue weighted by atomic mass is 16.2. The van der Waals surface area contributed by atoms with E-state index in [1.165, 1.54) is 0 Å². The molecule has 0 bridgehead atoms. The van der Waals surface area contributed by atoms with Crippen molar-refractivity contribution in [2.24, 2.45) is 0 Å². The summed E-state index contributed by atoms with van der Waals surface area (Å²) in [6.07, 6.45) is 5.71. The molecule has 1 aliphatic carbocycles. The van der Waals surface area contributed by atoms with E-state index in [4.69, 9.17) is 4.98 Å². The van der Waals surface area contributed by atoms with E-state index in [9.17, 15) is 4.79 Å². The average Bonchev–Trinajstić information content (AvgIpc) is 3.56. The van der Waals surface area contributed by atoms with Gasteiger partial charge in [0.05, 0.1) is 23.6 Å². The van der Waals surface area contributed by atoms with E-state index in [1.54, 1.807) is 0 Å². The van der Waals surface area contributed by atoms with Crippen LogP contribution in [0.2, 0.25) is 0 Å². The number of hydrogen-bond donors (Lipinski definition) is 0. The van der Waals surface area contributed by atoms with Gasteiger partial charge < -0.3 is 4.57 Å². The van der Waals surface area contributed by atoms with Crippen molar-refractivity contribution in [2.75, 3.05) is 4.90 Å². The van der Waals surface area contributed by atoms with Crippen LogP contribution < -0.4 is 4.90 Å². The van der Waals surface area contributed by atoms with E-state index >= 15 is 0 Å². The first-order chi connectivity index (χ1) is 17.7. The van der Waals surface area contributed by atoms with Crippen LogP contribution in [0, 0.1) is 0 Å². The number of carbonyl (C=O) groups excluding carboxylic acids is 1. The predicted octanol–water partition coefficient (Wildman–Crippen LogP) is 6.43. The fourth-order valence-corrected chi connectivity index (χ4v) is 5.94. The van der Waals surface area contributed by atoms with Gasteiger partial charge in [0.2, 0.25) is 5.91 Å². The maximum absolute atomic E-state index is 13.7. The van der Waals surface area contributed by atoms with Gasteiger partial charge in [-0.05, 0) is 41.2 Å². The van der Waals surface area contributed by atoms with Crippen LogP contribution in [0.5, 0.6) is 0 Å². The van der Waals surface area contributed by atoms with Gasteiger partial charge in [0.15, 0.2) is 5.82 Å². The summed E-state index contributed by atoms with van der Waals surface area (Å²) < 4.78 is 2.16.